The molecule has 0 aromatic heterocycles. The van der Waals surface area contributed by atoms with E-state index in [0.29, 0.717) is 11.1 Å². The lowest BCUT2D eigenvalue weighted by Gasteiger charge is -2.05. The van der Waals surface area contributed by atoms with Crippen LogP contribution >= 0.6 is 11.6 Å². The van der Waals surface area contributed by atoms with Crippen LogP contribution in [-0.2, 0) is 9.68 Å². The summed E-state index contributed by atoms with van der Waals surface area (Å²) in [5.74, 6) is -0.213. The second-order valence-corrected chi connectivity index (χ2v) is 6.39. The van der Waals surface area contributed by atoms with Crippen molar-refractivity contribution in [1.29, 1.82) is 10.8 Å². The third-order valence-electron chi connectivity index (χ3n) is 3.45. The van der Waals surface area contributed by atoms with Crippen molar-refractivity contribution in [2.24, 2.45) is 17.2 Å². The maximum atomic E-state index is 11.5. The summed E-state index contributed by atoms with van der Waals surface area (Å²) < 4.78 is 0. The maximum Gasteiger partial charge on any atom is 0.330 e. The van der Waals surface area contributed by atoms with Crippen molar-refractivity contribution in [3.05, 3.63) is 70.8 Å². The smallest absolute Gasteiger partial charge is 0.330 e. The number of nitrogens with one attached hydrogen (secondary N) is 3. The van der Waals surface area contributed by atoms with Gasteiger partial charge in [-0.15, -0.1) is 0 Å². The van der Waals surface area contributed by atoms with Crippen LogP contribution in [0, 0.1) is 24.7 Å². The highest BCUT2D eigenvalue weighted by atomic mass is 35.5. The van der Waals surface area contributed by atoms with E-state index in [1.165, 1.54) is 0 Å². The van der Waals surface area contributed by atoms with Crippen molar-refractivity contribution in [2.45, 2.75) is 13.8 Å². The molecule has 12 heteroatoms. The van der Waals surface area contributed by atoms with E-state index >= 15 is 0 Å². The van der Waals surface area contributed by atoms with E-state index in [4.69, 9.17) is 49.7 Å². The van der Waals surface area contributed by atoms with Crippen LogP contribution in [0.1, 0.15) is 33.3 Å². The van der Waals surface area contributed by atoms with Gasteiger partial charge in [-0.25, -0.2) is 5.26 Å². The molecular formula is C21H31ClN6O5. The highest BCUT2D eigenvalue weighted by Crippen LogP contribution is 2.09. The fraction of sp³-hybridized carbons (Fsp3) is 0.190. The molecule has 2 rings (SSSR count). The predicted octanol–water partition coefficient (Wildman–Crippen LogP) is 1.79. The predicted molar refractivity (Wildman–Crippen MR) is 130 cm³/mol. The maximum absolute atomic E-state index is 11.5. The molecule has 11 nitrogen and oxygen atoms in total. The molecule has 0 heterocycles. The van der Waals surface area contributed by atoms with Gasteiger partial charge < -0.3 is 27.4 Å². The number of nitrogens with two attached hydrogens (primary N) is 3. The standard InChI is InChI=1S/C10H13N3O.C8H7ClO.C2H7N3.CH2O3.H2/c1-7-4-2-3-5-8(7)10(14)13-6-9(11)12;1-6-4-2-3-5-7(6)8(9)10;3-1-2(4)5;2-1-4-3;/h2-5H,6H2,1H3,(H3,11,12)(H,13,14);2-5H,1H3;1,3H2,(H3,4,5);1,3H;1H. The number of hydrogen-bond donors (Lipinski definition) is 7. The monoisotopic (exact) mass is 482 g/mol. The Morgan fingerprint density at radius 2 is 1.42 bits per heavy atom. The molecule has 0 radical (unpaired) electrons. The molecule has 0 fully saturated rings. The largest absolute Gasteiger partial charge is 0.387 e. The molecule has 182 valence electrons. The average molecular weight is 483 g/mol. The number of rotatable bonds is 6. The molecule has 0 saturated carbocycles. The van der Waals surface area contributed by atoms with Gasteiger partial charge in [0.15, 0.2) is 0 Å². The van der Waals surface area contributed by atoms with Gasteiger partial charge in [0.25, 0.3) is 11.1 Å². The lowest BCUT2D eigenvalue weighted by Crippen LogP contribution is -2.33. The normalized spacial score (nSPS) is 8.64. The quantitative estimate of drug-likeness (QED) is 0.0800. The van der Waals surface area contributed by atoms with E-state index in [1.54, 1.807) is 24.3 Å². The van der Waals surface area contributed by atoms with Gasteiger partial charge in [0, 0.05) is 12.6 Å². The van der Waals surface area contributed by atoms with Crippen LogP contribution in [0.15, 0.2) is 48.5 Å². The Morgan fingerprint density at radius 1 is 1.03 bits per heavy atom. The second-order valence-electron chi connectivity index (χ2n) is 6.04. The van der Waals surface area contributed by atoms with Gasteiger partial charge in [-0.3, -0.25) is 25.2 Å². The zero-order valence-corrected chi connectivity index (χ0v) is 19.1. The van der Waals surface area contributed by atoms with E-state index in [2.05, 4.69) is 10.2 Å². The van der Waals surface area contributed by atoms with Crippen LogP contribution in [0.4, 0.5) is 0 Å². The van der Waals surface area contributed by atoms with Crippen LogP contribution < -0.4 is 22.5 Å². The lowest BCUT2D eigenvalue weighted by atomic mass is 10.1. The molecule has 1 amide bonds. The summed E-state index contributed by atoms with van der Waals surface area (Å²) in [4.78, 5) is 33.7. The summed E-state index contributed by atoms with van der Waals surface area (Å²) in [5.41, 5.74) is 17.7. The molecule has 33 heavy (non-hydrogen) atoms. The Balaban J connectivity index is -0.000000420. The van der Waals surface area contributed by atoms with E-state index in [1.807, 2.05) is 38.1 Å². The summed E-state index contributed by atoms with van der Waals surface area (Å²) in [6.45, 7) is 3.91. The van der Waals surface area contributed by atoms with Crippen LogP contribution in [0.2, 0.25) is 0 Å². The van der Waals surface area contributed by atoms with Crippen LogP contribution in [0.25, 0.3) is 0 Å². The third-order valence-corrected chi connectivity index (χ3v) is 3.65. The number of amides is 1. The van der Waals surface area contributed by atoms with E-state index in [9.17, 15) is 9.59 Å². The van der Waals surface area contributed by atoms with E-state index < -0.39 is 5.24 Å². The zero-order chi connectivity index (χ0) is 25.8. The van der Waals surface area contributed by atoms with Crippen molar-refractivity contribution in [3.63, 3.8) is 0 Å². The first kappa shape index (κ1) is 31.4. The summed E-state index contributed by atoms with van der Waals surface area (Å²) >= 11 is 5.27. The minimum absolute atomic E-state index is 0. The van der Waals surface area contributed by atoms with Crippen molar-refractivity contribution in [3.8, 4) is 0 Å². The first-order valence-electron chi connectivity index (χ1n) is 9.20. The number of carbonyl (C=O) groups excluding carboxylic acids is 3. The molecule has 0 aliphatic rings. The third kappa shape index (κ3) is 16.6. The molecule has 10 N–H and O–H groups in total. The van der Waals surface area contributed by atoms with E-state index in [-0.39, 0.29) is 38.6 Å². The molecule has 0 aliphatic heterocycles. The second kappa shape index (κ2) is 18.9. The molecule has 0 aliphatic carbocycles. The van der Waals surface area contributed by atoms with Gasteiger partial charge in [0.1, 0.15) is 11.7 Å². The Labute approximate surface area is 198 Å². The van der Waals surface area contributed by atoms with Gasteiger partial charge in [0.2, 0.25) is 0 Å². The molecule has 0 saturated heterocycles. The van der Waals surface area contributed by atoms with E-state index in [0.717, 1.165) is 11.1 Å². The molecule has 0 unspecified atom stereocenters. The van der Waals surface area contributed by atoms with Gasteiger partial charge >= 0.3 is 6.47 Å². The fourth-order valence-electron chi connectivity index (χ4n) is 1.89. The van der Waals surface area contributed by atoms with Crippen LogP contribution in [0.3, 0.4) is 0 Å². The summed E-state index contributed by atoms with van der Waals surface area (Å²) in [7, 11) is 0. The first-order valence-corrected chi connectivity index (χ1v) is 9.58. The topological polar surface area (TPSA) is 218 Å². The molecule has 0 spiro atoms. The van der Waals surface area contributed by atoms with Crippen LogP contribution in [-0.4, -0.2) is 47.6 Å². The van der Waals surface area contributed by atoms with Gasteiger partial charge in [0.05, 0.1) is 13.1 Å². The van der Waals surface area contributed by atoms with Crippen molar-refractivity contribution in [2.75, 3.05) is 13.1 Å². The highest BCUT2D eigenvalue weighted by molar-refractivity contribution is 6.67. The molecule has 0 atom stereocenters. The van der Waals surface area contributed by atoms with Gasteiger partial charge in [-0.05, 0) is 48.7 Å². The average Bonchev–Trinajstić information content (AvgIpc) is 2.78. The van der Waals surface area contributed by atoms with Crippen molar-refractivity contribution < 1.29 is 26.0 Å². The number of carbonyl (C=O) groups is 3. The number of aryl methyl sites for hydroxylation is 2. The first-order chi connectivity index (χ1) is 15.5. The molecule has 2 aromatic carbocycles. The van der Waals surface area contributed by atoms with Gasteiger partial charge in [-0.1, -0.05) is 36.4 Å². The zero-order valence-electron chi connectivity index (χ0n) is 18.3. The van der Waals surface area contributed by atoms with Crippen molar-refractivity contribution in [1.82, 2.24) is 5.32 Å². The Kier molecular flexibility index (Phi) is 18.0. The summed E-state index contributed by atoms with van der Waals surface area (Å²) in [6.07, 6.45) is 0. The lowest BCUT2D eigenvalue weighted by molar-refractivity contribution is -0.217. The summed E-state index contributed by atoms with van der Waals surface area (Å²) in [6, 6.07) is 14.5. The number of halogens is 1. The Hall–Kier alpha value is -3.80. The number of amidine groups is 2. The SMILES string of the molecule is Cc1ccccc1C(=O)Cl.Cc1ccccc1C(=O)NCC(=N)N.N=C(N)CN.O=COO.[HH]. The number of hydrogen-bond acceptors (Lipinski definition) is 8. The Bertz CT molecular complexity index is 930. The number of benzene rings is 2. The molecular weight excluding hydrogens is 452 g/mol. The molecule has 0 bridgehead atoms. The minimum atomic E-state index is -0.391. The van der Waals surface area contributed by atoms with Gasteiger partial charge in [-0.2, -0.15) is 0 Å². The summed E-state index contributed by atoms with van der Waals surface area (Å²) in [5, 5.41) is 22.5. The minimum Gasteiger partial charge on any atom is -0.387 e. The van der Waals surface area contributed by atoms with Crippen molar-refractivity contribution >= 4 is 40.9 Å². The Morgan fingerprint density at radius 3 is 1.70 bits per heavy atom. The fourth-order valence-corrected chi connectivity index (χ4v) is 2.10. The molecule has 2 aromatic rings. The van der Waals surface area contributed by atoms with Crippen LogP contribution in [0.5, 0.6) is 0 Å². The highest BCUT2D eigenvalue weighted by Gasteiger charge is 2.07.